The zero-order chi connectivity index (χ0) is 65.1. The summed E-state index contributed by atoms with van der Waals surface area (Å²) in [4.78, 5) is 46.9. The van der Waals surface area contributed by atoms with E-state index in [1.54, 1.807) is 30.0 Å². The molecule has 11 fully saturated rings. The van der Waals surface area contributed by atoms with Crippen LogP contribution >= 0.6 is 0 Å². The van der Waals surface area contributed by atoms with E-state index in [1.165, 1.54) is 107 Å². The smallest absolute Gasteiger partial charge is 0.416 e. The molecule has 0 spiro atoms. The number of ether oxygens (including phenoxy) is 2. The molecule has 3 atom stereocenters. The van der Waals surface area contributed by atoms with Crippen LogP contribution < -0.4 is 19.6 Å². The van der Waals surface area contributed by atoms with Gasteiger partial charge in [0.05, 0.1) is 24.5 Å². The van der Waals surface area contributed by atoms with Gasteiger partial charge in [-0.15, -0.1) is 0 Å². The number of alkyl halides is 3. The molecule has 4 aromatic carbocycles. The van der Waals surface area contributed by atoms with Crippen LogP contribution in [0.1, 0.15) is 95.6 Å². The van der Waals surface area contributed by atoms with Crippen LogP contribution in [0.5, 0.6) is 0 Å². The molecule has 16 rings (SSSR count). The molecule has 6 saturated heterocycles. The molecule has 3 unspecified atom stereocenters. The van der Waals surface area contributed by atoms with Crippen molar-refractivity contribution in [1.82, 2.24) is 29.4 Å². The lowest BCUT2D eigenvalue weighted by Crippen LogP contribution is -2.60. The number of rotatable bonds is 11. The van der Waals surface area contributed by atoms with Crippen LogP contribution in [0.15, 0.2) is 115 Å². The van der Waals surface area contributed by atoms with Crippen molar-refractivity contribution in [2.24, 2.45) is 41.4 Å². The van der Waals surface area contributed by atoms with E-state index in [4.69, 9.17) is 9.47 Å². The Morgan fingerprint density at radius 1 is 0.479 bits per heavy atom. The zero-order valence-corrected chi connectivity index (χ0v) is 56.4. The van der Waals surface area contributed by atoms with Crippen molar-refractivity contribution in [2.75, 3.05) is 170 Å². The number of anilines is 4. The first-order chi connectivity index (χ1) is 45.7. The number of likely N-dealkylation sites (tertiary alicyclic amines) is 2. The molecule has 6 aliphatic heterocycles. The predicted molar refractivity (Wildman–Crippen MR) is 368 cm³/mol. The maximum atomic E-state index is 14.0. The largest absolute Gasteiger partial charge is 0.450 e. The molecular formula is C76H106F4N10O4. The number of amides is 2. The fourth-order valence-corrected chi connectivity index (χ4v) is 18.5. The van der Waals surface area contributed by atoms with E-state index in [9.17, 15) is 27.2 Å². The molecule has 6 bridgehead atoms. The molecule has 0 N–H and O–H groups in total. The van der Waals surface area contributed by atoms with E-state index >= 15 is 0 Å². The van der Waals surface area contributed by atoms with Crippen LogP contribution in [0.2, 0.25) is 0 Å². The minimum absolute atomic E-state index is 0.0735. The number of allylic oxidation sites excluding steroid dienone is 2. The highest BCUT2D eigenvalue weighted by Gasteiger charge is 2.50. The molecule has 12 aliphatic rings. The molecule has 6 heterocycles. The molecule has 5 saturated carbocycles. The van der Waals surface area contributed by atoms with E-state index in [1.807, 2.05) is 28.9 Å². The van der Waals surface area contributed by atoms with Crippen LogP contribution in [0.4, 0.5) is 49.9 Å². The molecule has 14 nitrogen and oxygen atoms in total. The summed E-state index contributed by atoms with van der Waals surface area (Å²) in [5.74, 6) is 6.70. The van der Waals surface area contributed by atoms with Gasteiger partial charge < -0.3 is 38.9 Å². The van der Waals surface area contributed by atoms with E-state index in [0.29, 0.717) is 57.2 Å². The number of para-hydroxylation sites is 3. The summed E-state index contributed by atoms with van der Waals surface area (Å²) in [6.45, 7) is 27.5. The van der Waals surface area contributed by atoms with Crippen LogP contribution in [0, 0.1) is 54.2 Å². The van der Waals surface area contributed by atoms with Crippen LogP contribution in [-0.2, 0) is 15.7 Å². The lowest BCUT2D eigenvalue weighted by Gasteiger charge is -2.58. The third-order valence-corrected chi connectivity index (χ3v) is 23.1. The van der Waals surface area contributed by atoms with Crippen molar-refractivity contribution >= 4 is 34.9 Å². The van der Waals surface area contributed by atoms with Crippen molar-refractivity contribution in [3.05, 3.63) is 132 Å². The maximum absolute atomic E-state index is 14.0. The Morgan fingerprint density at radius 2 is 0.957 bits per heavy atom. The number of hydrogen-bond acceptors (Lipinski definition) is 12. The van der Waals surface area contributed by atoms with Crippen LogP contribution in [0.25, 0.3) is 0 Å². The number of piperidine rings is 2. The fraction of sp³-hybridized carbons (Fsp3) is 0.632. The number of aryl methyl sites for hydroxylation is 1. The van der Waals surface area contributed by atoms with Gasteiger partial charge in [0.25, 0.3) is 0 Å². The predicted octanol–water partition coefficient (Wildman–Crippen LogP) is 13.0. The summed E-state index contributed by atoms with van der Waals surface area (Å²) >= 11 is 0. The average molecular weight is 1300 g/mol. The Kier molecular flexibility index (Phi) is 23.0. The van der Waals surface area contributed by atoms with Crippen molar-refractivity contribution in [2.45, 2.75) is 116 Å². The third kappa shape index (κ3) is 17.0. The quantitative estimate of drug-likeness (QED) is 0.106. The van der Waals surface area contributed by atoms with E-state index in [0.717, 1.165) is 163 Å². The topological polar surface area (TPSA) is 85.0 Å². The van der Waals surface area contributed by atoms with Gasteiger partial charge in [0.1, 0.15) is 5.82 Å². The number of fused-ring (bicyclic) bond motifs is 2. The van der Waals surface area contributed by atoms with Crippen molar-refractivity contribution in [3.63, 3.8) is 0 Å². The summed E-state index contributed by atoms with van der Waals surface area (Å²) in [6, 6.07) is 34.1. The van der Waals surface area contributed by atoms with Crippen molar-refractivity contribution in [1.29, 1.82) is 0 Å². The van der Waals surface area contributed by atoms with Gasteiger partial charge in [0.15, 0.2) is 0 Å². The highest BCUT2D eigenvalue weighted by Crippen LogP contribution is 2.55. The summed E-state index contributed by atoms with van der Waals surface area (Å²) in [6.07, 6.45) is 14.5. The van der Waals surface area contributed by atoms with Gasteiger partial charge in [0, 0.05) is 173 Å². The Bertz CT molecular complexity index is 3030. The zero-order valence-electron chi connectivity index (χ0n) is 56.4. The molecule has 0 aromatic heterocycles. The Morgan fingerprint density at radius 3 is 1.47 bits per heavy atom. The summed E-state index contributed by atoms with van der Waals surface area (Å²) in [5.41, 5.74) is 4.92. The first kappa shape index (κ1) is 67.9. The fourth-order valence-electron chi connectivity index (χ4n) is 18.5. The van der Waals surface area contributed by atoms with Gasteiger partial charge in [-0.25, -0.2) is 14.0 Å². The second-order valence-electron chi connectivity index (χ2n) is 28.8. The molecular weight excluding hydrogens is 1190 g/mol. The van der Waals surface area contributed by atoms with E-state index in [2.05, 4.69) is 108 Å². The molecule has 18 heteroatoms. The van der Waals surface area contributed by atoms with Gasteiger partial charge in [-0.05, 0) is 187 Å². The van der Waals surface area contributed by atoms with Gasteiger partial charge in [-0.3, -0.25) is 19.6 Å². The molecule has 6 aliphatic carbocycles. The minimum atomic E-state index is -4.31. The average Bonchev–Trinajstić information content (AvgIpc) is 0.901. The van der Waals surface area contributed by atoms with E-state index < -0.39 is 11.7 Å². The van der Waals surface area contributed by atoms with Gasteiger partial charge in [0.2, 0.25) is 0 Å². The highest BCUT2D eigenvalue weighted by molar-refractivity contribution is 5.68. The number of carbonyl (C=O) groups is 2. The Hall–Kier alpha value is -6.08. The summed E-state index contributed by atoms with van der Waals surface area (Å²) in [5, 5.41) is 0. The molecule has 512 valence electrons. The first-order valence-electron chi connectivity index (χ1n) is 36.2. The maximum Gasteiger partial charge on any atom is 0.416 e. The number of hydrogen-bond donors (Lipinski definition) is 0. The lowest BCUT2D eigenvalue weighted by molar-refractivity contribution is -0.137. The third-order valence-electron chi connectivity index (χ3n) is 23.1. The second kappa shape index (κ2) is 31.9. The number of piperazine rings is 4. The van der Waals surface area contributed by atoms with Gasteiger partial charge in [-0.2, -0.15) is 13.2 Å². The van der Waals surface area contributed by atoms with Crippen molar-refractivity contribution < 1.29 is 36.6 Å². The number of benzene rings is 4. The number of nitrogens with zero attached hydrogens (tertiary/aromatic N) is 10. The molecule has 0 radical (unpaired) electrons. The summed E-state index contributed by atoms with van der Waals surface area (Å²) < 4.78 is 62.9. The standard InChI is InChI=1S/C20H27FN2.C19H26F3N3O2.C19H29N3O2.C18H24N2/c21-18-3-1-2-4-19(18)22-5-7-23(8-6-22)20-16-10-14-9-15(12-16)13-17(20)11-14;1-2-27-18(26)25-8-6-16(7-9-25)23-10-12-24(13-11-23)17-5-3-4-15(14-17)19(20,21)22;1-3-24-19(23)22-10-8-17(9-11-22)20-12-14-21(15-13-20)18-7-5-4-6-16(18)2;1-2-4-18(5-3-1)20-10-8-19(9-11-20)14-17-13-15-6-7-16(17)12-15/h1-4,14-17,20H,5-13H2;3-5,14,16H,2,6-13H2,1H3;4-7,17H,3,8-15H2,1-2H3;1-7,15-17H,8-14H2. The summed E-state index contributed by atoms with van der Waals surface area (Å²) in [7, 11) is 0. The molecule has 2 amide bonds. The van der Waals surface area contributed by atoms with Gasteiger partial charge >= 0.3 is 18.4 Å². The monoisotopic (exact) mass is 1300 g/mol. The Balaban J connectivity index is 0.000000121. The Labute approximate surface area is 558 Å². The molecule has 94 heavy (non-hydrogen) atoms. The van der Waals surface area contributed by atoms with Crippen LogP contribution in [0.3, 0.4) is 0 Å². The minimum Gasteiger partial charge on any atom is -0.450 e. The first-order valence-corrected chi connectivity index (χ1v) is 36.2. The normalized spacial score (nSPS) is 27.7. The van der Waals surface area contributed by atoms with Crippen LogP contribution in [-0.4, -0.2) is 210 Å². The van der Waals surface area contributed by atoms with Gasteiger partial charge in [-0.1, -0.05) is 66.7 Å². The lowest BCUT2D eigenvalue weighted by atomic mass is 9.54. The second-order valence-corrected chi connectivity index (χ2v) is 28.8. The number of halogens is 4. The highest BCUT2D eigenvalue weighted by atomic mass is 19.4. The SMILES string of the molecule is C1=CC2CC1CC2CN1CCN(c2ccccc2)CC1.CCOC(=O)N1CCC(N2CCN(c3cccc(C(F)(F)F)c3)CC2)CC1.CCOC(=O)N1CCC(N2CCN(c3ccccc3C)CC2)CC1.Fc1ccccc1N1CCN(C2C3CC4CC(C3)CC2C4)CC1. The number of carbonyl (C=O) groups excluding carboxylic acids is 2. The van der Waals surface area contributed by atoms with Crippen molar-refractivity contribution in [3.8, 4) is 0 Å². The van der Waals surface area contributed by atoms with E-state index in [-0.39, 0.29) is 18.0 Å². The molecule has 4 aromatic rings.